The van der Waals surface area contributed by atoms with Gasteiger partial charge in [-0.3, -0.25) is 0 Å². The van der Waals surface area contributed by atoms with Crippen molar-refractivity contribution in [1.29, 1.82) is 0 Å². The number of carboxylic acid groups (broad SMARTS) is 2. The van der Waals surface area contributed by atoms with Crippen LogP contribution in [0.2, 0.25) is 0 Å². The zero-order chi connectivity index (χ0) is 5.15. The molecule has 0 unspecified atom stereocenters. The predicted octanol–water partition coefficient (Wildman–Crippen LogP) is -0.966. The molecule has 0 aliphatic carbocycles. The normalized spacial score (nSPS) is 5.50. The average molecular weight is 157 g/mol. The first-order valence-electron chi connectivity index (χ1n) is 1.11. The quantitative estimate of drug-likeness (QED) is 0.441. The molecular weight excluding hydrogens is 155 g/mol. The van der Waals surface area contributed by atoms with Gasteiger partial charge in [0.25, 0.3) is 0 Å². The molecule has 0 spiro atoms. The summed E-state index contributed by atoms with van der Waals surface area (Å²) in [5.74, 6) is -3.65. The molecule has 0 aromatic rings. The van der Waals surface area contributed by atoms with Gasteiger partial charge < -0.3 is 15.7 Å². The predicted molar refractivity (Wildman–Crippen MR) is 16.0 cm³/mol. The molecule has 0 aromatic carbocycles. The molecule has 0 fully saturated rings. The molecule has 0 aliphatic rings. The third-order valence-corrected chi connectivity index (χ3v) is 0.183. The average Bonchev–Trinajstić information content (AvgIpc) is 1.36. The molecule has 0 aliphatic heterocycles. The van der Waals surface area contributed by atoms with Crippen LogP contribution in [0.25, 0.3) is 0 Å². The second-order valence-electron chi connectivity index (χ2n) is 0.610. The summed E-state index contributed by atoms with van der Waals surface area (Å²) in [5.41, 5.74) is 0. The van der Waals surface area contributed by atoms with Gasteiger partial charge in [0.1, 0.15) is 0 Å². The molecule has 0 atom stereocenters. The fourth-order valence-electron chi connectivity index (χ4n) is 0. The molecule has 0 aromatic heterocycles. The van der Waals surface area contributed by atoms with E-state index in [4.69, 9.17) is 19.8 Å². The van der Waals surface area contributed by atoms with Crippen molar-refractivity contribution in [1.82, 2.24) is 0 Å². The third-order valence-electron chi connectivity index (χ3n) is 0.183. The molecular formula is C2H2O5V-2. The van der Waals surface area contributed by atoms with E-state index in [-0.39, 0.29) is 24.0 Å². The van der Waals surface area contributed by atoms with Crippen molar-refractivity contribution < 1.29 is 43.8 Å². The summed E-state index contributed by atoms with van der Waals surface area (Å²) in [6.45, 7) is 0. The van der Waals surface area contributed by atoms with Crippen LogP contribution in [0.4, 0.5) is 0 Å². The summed E-state index contributed by atoms with van der Waals surface area (Å²) in [7, 11) is 0. The fraction of sp³-hybridized carbons (Fsp3) is 0. The van der Waals surface area contributed by atoms with Crippen molar-refractivity contribution in [2.24, 2.45) is 0 Å². The van der Waals surface area contributed by atoms with Crippen LogP contribution in [0.3, 0.4) is 0 Å². The minimum absolute atomic E-state index is 0. The van der Waals surface area contributed by atoms with Crippen molar-refractivity contribution >= 4 is 11.9 Å². The smallest absolute Gasteiger partial charge is 0.414 e. The largest absolute Gasteiger partial charge is 2.00 e. The fourth-order valence-corrected chi connectivity index (χ4v) is 0. The van der Waals surface area contributed by atoms with E-state index in [1.54, 1.807) is 0 Å². The summed E-state index contributed by atoms with van der Waals surface area (Å²) >= 11 is 0. The molecule has 8 heavy (non-hydrogen) atoms. The van der Waals surface area contributed by atoms with Gasteiger partial charge in [-0.15, -0.1) is 0 Å². The van der Waals surface area contributed by atoms with Crippen LogP contribution in [-0.2, 0) is 33.6 Å². The zero-order valence-electron chi connectivity index (χ0n) is 3.57. The Morgan fingerprint density at radius 2 is 1.12 bits per heavy atom. The summed E-state index contributed by atoms with van der Waals surface area (Å²) in [6.07, 6.45) is 0. The summed E-state index contributed by atoms with van der Waals surface area (Å²) in [5, 5.41) is 14.8. The molecule has 6 heteroatoms. The topological polar surface area (TPSA) is 103 Å². The second-order valence-corrected chi connectivity index (χ2v) is 0.610. The Hall–Kier alpha value is -0.516. The van der Waals surface area contributed by atoms with Gasteiger partial charge in [-0.25, -0.2) is 9.59 Å². The van der Waals surface area contributed by atoms with Gasteiger partial charge in [0.15, 0.2) is 0 Å². The van der Waals surface area contributed by atoms with E-state index in [0.717, 1.165) is 0 Å². The number of carboxylic acids is 2. The van der Waals surface area contributed by atoms with Crippen LogP contribution >= 0.6 is 0 Å². The van der Waals surface area contributed by atoms with E-state index >= 15 is 0 Å². The summed E-state index contributed by atoms with van der Waals surface area (Å²) in [6, 6.07) is 0. The van der Waals surface area contributed by atoms with Crippen LogP contribution in [-0.4, -0.2) is 22.2 Å². The number of rotatable bonds is 0. The Balaban J connectivity index is -0.000000125. The third kappa shape index (κ3) is 9.08. The SMILES string of the molecule is O=C(O)C(=O)O.[O-2].[V]. The first-order valence-corrected chi connectivity index (χ1v) is 1.11. The van der Waals surface area contributed by atoms with Crippen molar-refractivity contribution in [2.45, 2.75) is 0 Å². The van der Waals surface area contributed by atoms with Crippen LogP contribution in [0.1, 0.15) is 0 Å². The first-order chi connectivity index (χ1) is 2.64. The van der Waals surface area contributed by atoms with Crippen LogP contribution in [0, 0.1) is 0 Å². The number of carbonyl (C=O) groups is 2. The molecule has 0 rings (SSSR count). The molecule has 47 valence electrons. The van der Waals surface area contributed by atoms with E-state index in [2.05, 4.69) is 0 Å². The monoisotopic (exact) mass is 157 g/mol. The van der Waals surface area contributed by atoms with Crippen molar-refractivity contribution in [2.75, 3.05) is 0 Å². The van der Waals surface area contributed by atoms with Gasteiger partial charge >= 0.3 is 11.9 Å². The van der Waals surface area contributed by atoms with E-state index < -0.39 is 11.9 Å². The molecule has 0 saturated carbocycles. The molecule has 1 radical (unpaired) electrons. The maximum absolute atomic E-state index is 9.10. The van der Waals surface area contributed by atoms with Gasteiger partial charge in [-0.2, -0.15) is 0 Å². The molecule has 0 amide bonds. The van der Waals surface area contributed by atoms with Crippen LogP contribution < -0.4 is 0 Å². The summed E-state index contributed by atoms with van der Waals surface area (Å²) < 4.78 is 0. The Bertz CT molecular complexity index is 76.4. The Morgan fingerprint density at radius 3 is 1.12 bits per heavy atom. The van der Waals surface area contributed by atoms with Gasteiger partial charge in [-0.05, 0) is 0 Å². The maximum atomic E-state index is 9.10. The van der Waals surface area contributed by atoms with Crippen molar-refractivity contribution in [3.05, 3.63) is 0 Å². The minimum Gasteiger partial charge on any atom is -2.00 e. The van der Waals surface area contributed by atoms with Gasteiger partial charge in [0.05, 0.1) is 0 Å². The van der Waals surface area contributed by atoms with E-state index in [0.29, 0.717) is 0 Å². The van der Waals surface area contributed by atoms with Gasteiger partial charge in [-0.1, -0.05) is 0 Å². The number of aliphatic carboxylic acids is 2. The van der Waals surface area contributed by atoms with Crippen molar-refractivity contribution in [3.63, 3.8) is 0 Å². The minimum atomic E-state index is -1.82. The van der Waals surface area contributed by atoms with Crippen molar-refractivity contribution in [3.8, 4) is 0 Å². The van der Waals surface area contributed by atoms with Crippen LogP contribution in [0.15, 0.2) is 0 Å². The molecule has 0 heterocycles. The maximum Gasteiger partial charge on any atom is 0.414 e. The first kappa shape index (κ1) is 15.6. The van der Waals surface area contributed by atoms with E-state index in [9.17, 15) is 0 Å². The zero-order valence-corrected chi connectivity index (χ0v) is 4.96. The van der Waals surface area contributed by atoms with Gasteiger partial charge in [0.2, 0.25) is 0 Å². The van der Waals surface area contributed by atoms with E-state index in [1.165, 1.54) is 0 Å². The molecule has 0 bridgehead atoms. The number of hydrogen-bond acceptors (Lipinski definition) is 2. The Kier molecular flexibility index (Phi) is 12.7. The second kappa shape index (κ2) is 6.48. The van der Waals surface area contributed by atoms with E-state index in [1.807, 2.05) is 0 Å². The molecule has 0 saturated heterocycles. The number of hydrogen-bond donors (Lipinski definition) is 2. The molecule has 5 nitrogen and oxygen atoms in total. The standard InChI is InChI=1S/C2H2O4.O.V/c3-1(4)2(5)6;;/h(H,3,4)(H,5,6);;/q;-2;. The Morgan fingerprint density at radius 1 is 1.00 bits per heavy atom. The van der Waals surface area contributed by atoms with Gasteiger partial charge in [0, 0.05) is 18.6 Å². The summed E-state index contributed by atoms with van der Waals surface area (Å²) in [4.78, 5) is 18.2. The Labute approximate surface area is 56.5 Å². The molecule has 2 N–H and O–H groups in total. The van der Waals surface area contributed by atoms with Crippen LogP contribution in [0.5, 0.6) is 0 Å².